The highest BCUT2D eigenvalue weighted by atomic mass is 79.9. The normalized spacial score (nSPS) is 9.83. The Morgan fingerprint density at radius 2 is 2.06 bits per heavy atom. The minimum atomic E-state index is -1.08. The van der Waals surface area contributed by atoms with Crippen LogP contribution in [-0.2, 0) is 9.59 Å². The SMILES string of the molecule is O=C(O)CCC(=O)Nc1ccc(Br)c([N+](=O)[O-])c1. The summed E-state index contributed by atoms with van der Waals surface area (Å²) in [6.07, 6.45) is -0.469. The second-order valence-electron chi connectivity index (χ2n) is 3.37. The lowest BCUT2D eigenvalue weighted by Crippen LogP contribution is -2.13. The summed E-state index contributed by atoms with van der Waals surface area (Å²) in [5.41, 5.74) is 0.0753. The fraction of sp³-hybridized carbons (Fsp3) is 0.200. The van der Waals surface area contributed by atoms with Gasteiger partial charge in [-0.05, 0) is 28.1 Å². The van der Waals surface area contributed by atoms with Crippen molar-refractivity contribution in [3.8, 4) is 0 Å². The van der Waals surface area contributed by atoms with Crippen LogP contribution < -0.4 is 5.32 Å². The molecule has 0 spiro atoms. The molecule has 0 atom stereocenters. The maximum absolute atomic E-state index is 11.3. The van der Waals surface area contributed by atoms with E-state index in [1.54, 1.807) is 0 Å². The van der Waals surface area contributed by atoms with Crippen LogP contribution in [0.2, 0.25) is 0 Å². The minimum absolute atomic E-state index is 0.175. The summed E-state index contributed by atoms with van der Waals surface area (Å²) in [5, 5.41) is 21.5. The molecule has 2 N–H and O–H groups in total. The molecule has 8 heteroatoms. The van der Waals surface area contributed by atoms with E-state index in [9.17, 15) is 19.7 Å². The van der Waals surface area contributed by atoms with Gasteiger partial charge in [0.05, 0.1) is 15.8 Å². The summed E-state index contributed by atoms with van der Waals surface area (Å²) in [4.78, 5) is 31.7. The van der Waals surface area contributed by atoms with E-state index in [1.807, 2.05) is 0 Å². The van der Waals surface area contributed by atoms with Crippen LogP contribution in [0.5, 0.6) is 0 Å². The molecular formula is C10H9BrN2O5. The van der Waals surface area contributed by atoms with Gasteiger partial charge in [-0.3, -0.25) is 19.7 Å². The average Bonchev–Trinajstić information content (AvgIpc) is 2.28. The summed E-state index contributed by atoms with van der Waals surface area (Å²) < 4.78 is 0.302. The lowest BCUT2D eigenvalue weighted by Gasteiger charge is -2.04. The third kappa shape index (κ3) is 4.13. The summed E-state index contributed by atoms with van der Waals surface area (Å²) >= 11 is 3.01. The van der Waals surface area contributed by atoms with E-state index in [2.05, 4.69) is 21.2 Å². The number of carboxylic acid groups (broad SMARTS) is 1. The van der Waals surface area contributed by atoms with Crippen LogP contribution in [0.15, 0.2) is 22.7 Å². The van der Waals surface area contributed by atoms with Crippen molar-refractivity contribution in [1.82, 2.24) is 0 Å². The molecule has 7 nitrogen and oxygen atoms in total. The predicted octanol–water partition coefficient (Wildman–Crippen LogP) is 2.16. The Morgan fingerprint density at radius 3 is 2.61 bits per heavy atom. The first-order valence-electron chi connectivity index (χ1n) is 4.85. The van der Waals surface area contributed by atoms with Gasteiger partial charge in [-0.15, -0.1) is 0 Å². The number of hydrogen-bond acceptors (Lipinski definition) is 4. The van der Waals surface area contributed by atoms with Crippen LogP contribution >= 0.6 is 15.9 Å². The maximum Gasteiger partial charge on any atom is 0.303 e. The molecule has 1 amide bonds. The number of carbonyl (C=O) groups is 2. The Labute approximate surface area is 110 Å². The summed E-state index contributed by atoms with van der Waals surface area (Å²) in [5.74, 6) is -1.58. The second-order valence-corrected chi connectivity index (χ2v) is 4.22. The van der Waals surface area contributed by atoms with E-state index < -0.39 is 16.8 Å². The van der Waals surface area contributed by atoms with Crippen LogP contribution in [0.4, 0.5) is 11.4 Å². The quantitative estimate of drug-likeness (QED) is 0.639. The molecule has 0 radical (unpaired) electrons. The van der Waals surface area contributed by atoms with Gasteiger partial charge in [0.1, 0.15) is 0 Å². The Morgan fingerprint density at radius 1 is 1.39 bits per heavy atom. The van der Waals surface area contributed by atoms with Crippen LogP contribution in [0, 0.1) is 10.1 Å². The average molecular weight is 317 g/mol. The molecule has 0 aliphatic carbocycles. The van der Waals surface area contributed by atoms with Gasteiger partial charge in [0.15, 0.2) is 0 Å². The first-order chi connectivity index (χ1) is 8.40. The molecule has 0 unspecified atom stereocenters. The van der Waals surface area contributed by atoms with Gasteiger partial charge in [-0.25, -0.2) is 0 Å². The fourth-order valence-corrected chi connectivity index (χ4v) is 1.57. The highest BCUT2D eigenvalue weighted by molar-refractivity contribution is 9.10. The van der Waals surface area contributed by atoms with Crippen molar-refractivity contribution in [2.24, 2.45) is 0 Å². The lowest BCUT2D eigenvalue weighted by atomic mass is 10.2. The Hall–Kier alpha value is -1.96. The van der Waals surface area contributed by atoms with E-state index >= 15 is 0 Å². The highest BCUT2D eigenvalue weighted by Gasteiger charge is 2.13. The number of amides is 1. The maximum atomic E-state index is 11.3. The molecule has 0 bridgehead atoms. The topological polar surface area (TPSA) is 110 Å². The number of rotatable bonds is 5. The third-order valence-corrected chi connectivity index (χ3v) is 2.66. The number of nitrogens with one attached hydrogen (secondary N) is 1. The van der Waals surface area contributed by atoms with Crippen LogP contribution in [0.1, 0.15) is 12.8 Å². The Balaban J connectivity index is 2.73. The number of aliphatic carboxylic acids is 1. The van der Waals surface area contributed by atoms with Crippen LogP contribution in [-0.4, -0.2) is 21.9 Å². The van der Waals surface area contributed by atoms with Crippen molar-refractivity contribution in [2.75, 3.05) is 5.32 Å². The standard InChI is InChI=1S/C10H9BrN2O5/c11-7-2-1-6(5-8(7)13(17)18)12-9(14)3-4-10(15)16/h1-2,5H,3-4H2,(H,12,14)(H,15,16). The zero-order valence-corrected chi connectivity index (χ0v) is 10.6. The van der Waals surface area contributed by atoms with Crippen molar-refractivity contribution in [3.63, 3.8) is 0 Å². The highest BCUT2D eigenvalue weighted by Crippen LogP contribution is 2.27. The van der Waals surface area contributed by atoms with Gasteiger partial charge in [0.2, 0.25) is 5.91 Å². The molecule has 18 heavy (non-hydrogen) atoms. The van der Waals surface area contributed by atoms with Crippen LogP contribution in [0.3, 0.4) is 0 Å². The second kappa shape index (κ2) is 6.10. The van der Waals surface area contributed by atoms with Gasteiger partial charge in [-0.2, -0.15) is 0 Å². The fourth-order valence-electron chi connectivity index (χ4n) is 1.17. The van der Waals surface area contributed by atoms with Crippen molar-refractivity contribution in [2.45, 2.75) is 12.8 Å². The van der Waals surface area contributed by atoms with Crippen molar-refractivity contribution in [3.05, 3.63) is 32.8 Å². The number of nitro benzene ring substituents is 1. The van der Waals surface area contributed by atoms with Gasteiger partial charge in [0.25, 0.3) is 5.69 Å². The number of nitro groups is 1. The number of carbonyl (C=O) groups excluding carboxylic acids is 1. The summed E-state index contributed by atoms with van der Waals surface area (Å²) in [6.45, 7) is 0. The van der Waals surface area contributed by atoms with Crippen molar-refractivity contribution >= 4 is 39.2 Å². The minimum Gasteiger partial charge on any atom is -0.481 e. The predicted molar refractivity (Wildman–Crippen MR) is 66.3 cm³/mol. The molecule has 0 aromatic heterocycles. The van der Waals surface area contributed by atoms with Crippen molar-refractivity contribution < 1.29 is 19.6 Å². The van der Waals surface area contributed by atoms with E-state index in [0.29, 0.717) is 4.47 Å². The number of carboxylic acids is 1. The largest absolute Gasteiger partial charge is 0.481 e. The smallest absolute Gasteiger partial charge is 0.303 e. The number of anilines is 1. The van der Waals surface area contributed by atoms with E-state index in [1.165, 1.54) is 18.2 Å². The summed E-state index contributed by atoms with van der Waals surface area (Å²) in [7, 11) is 0. The molecule has 0 fully saturated rings. The van der Waals surface area contributed by atoms with Gasteiger partial charge < -0.3 is 10.4 Å². The monoisotopic (exact) mass is 316 g/mol. The molecule has 0 saturated heterocycles. The molecule has 1 rings (SSSR count). The van der Waals surface area contributed by atoms with Crippen molar-refractivity contribution in [1.29, 1.82) is 0 Å². The lowest BCUT2D eigenvalue weighted by molar-refractivity contribution is -0.385. The first kappa shape index (κ1) is 14.1. The number of hydrogen-bond donors (Lipinski definition) is 2. The zero-order chi connectivity index (χ0) is 13.7. The van der Waals surface area contributed by atoms with Gasteiger partial charge in [0, 0.05) is 18.2 Å². The van der Waals surface area contributed by atoms with E-state index in [-0.39, 0.29) is 24.2 Å². The Bertz CT molecular complexity index is 503. The third-order valence-electron chi connectivity index (χ3n) is 1.99. The zero-order valence-electron chi connectivity index (χ0n) is 9.05. The van der Waals surface area contributed by atoms with Gasteiger partial charge in [-0.1, -0.05) is 0 Å². The number of nitrogens with zero attached hydrogens (tertiary/aromatic N) is 1. The number of halogens is 1. The van der Waals surface area contributed by atoms with Gasteiger partial charge >= 0.3 is 5.97 Å². The molecule has 0 saturated carbocycles. The number of benzene rings is 1. The molecule has 96 valence electrons. The Kier molecular flexibility index (Phi) is 4.78. The molecular weight excluding hydrogens is 308 g/mol. The molecule has 1 aromatic rings. The van der Waals surface area contributed by atoms with Crippen LogP contribution in [0.25, 0.3) is 0 Å². The first-order valence-corrected chi connectivity index (χ1v) is 5.65. The molecule has 0 aliphatic heterocycles. The summed E-state index contributed by atoms with van der Waals surface area (Å²) in [6, 6.07) is 4.11. The molecule has 0 heterocycles. The molecule has 1 aromatic carbocycles. The van der Waals surface area contributed by atoms with E-state index in [4.69, 9.17) is 5.11 Å². The van der Waals surface area contributed by atoms with E-state index in [0.717, 1.165) is 0 Å². The molecule has 0 aliphatic rings.